The standard InChI is InChI=1S/C42H60N2O9/c1-12-34-41(7,48)22-25(2)35(45)26(3)23-42(8,49-11)38(53-40-36(46)33(44(9)10)20-27(4)51-40)28(5)37(29(6)39(47)52-34)50-19-15-16-30-21-31-17-13-14-18-32(31)43-24-30/h13-18,21-22,24,26-28,33-34,36,38,40,46,48H,12,19-20,23H2,1-11H3/b16-15+,25-22+,37-29+/t26-,27-,28+,33+,34-,36-,38-,40+,41+,42-/m1/s1. The number of fused-ring (bicyclic) bond motifs is 1. The van der Waals surface area contributed by atoms with Crippen molar-refractivity contribution in [2.45, 2.75) is 123 Å². The average Bonchev–Trinajstić information content (AvgIpc) is 3.11. The van der Waals surface area contributed by atoms with Crippen LogP contribution in [0.15, 0.2) is 65.6 Å². The zero-order valence-electron chi connectivity index (χ0n) is 33.3. The Morgan fingerprint density at radius 3 is 2.47 bits per heavy atom. The molecule has 1 aromatic heterocycles. The Balaban J connectivity index is 1.81. The van der Waals surface area contributed by atoms with E-state index in [0.29, 0.717) is 18.4 Å². The van der Waals surface area contributed by atoms with Crippen LogP contribution >= 0.6 is 0 Å². The summed E-state index contributed by atoms with van der Waals surface area (Å²) in [6, 6.07) is 9.66. The monoisotopic (exact) mass is 736 g/mol. The van der Waals surface area contributed by atoms with Crippen molar-refractivity contribution in [2.24, 2.45) is 11.8 Å². The van der Waals surface area contributed by atoms with Gasteiger partial charge in [-0.2, -0.15) is 0 Å². The molecule has 11 heteroatoms. The quantitative estimate of drug-likeness (QED) is 0.293. The largest absolute Gasteiger partial charge is 0.493 e. The lowest BCUT2D eigenvalue weighted by Crippen LogP contribution is -2.58. The van der Waals surface area contributed by atoms with Crippen molar-refractivity contribution in [3.63, 3.8) is 0 Å². The number of ether oxygens (including phenoxy) is 5. The number of pyridine rings is 1. The summed E-state index contributed by atoms with van der Waals surface area (Å²) in [7, 11) is 5.36. The maximum Gasteiger partial charge on any atom is 0.337 e. The molecule has 0 amide bonds. The molecule has 1 saturated heterocycles. The van der Waals surface area contributed by atoms with E-state index in [1.54, 1.807) is 34.1 Å². The normalized spacial score (nSPS) is 36.3. The molecule has 0 aliphatic carbocycles. The number of Topliss-reactive ketones (excluding diaryl/α,β-unsaturated/α-hetero) is 1. The first-order valence-corrected chi connectivity index (χ1v) is 18.6. The number of hydrogen-bond donors (Lipinski definition) is 2. The van der Waals surface area contributed by atoms with Crippen LogP contribution in [0.3, 0.4) is 0 Å². The molecule has 2 aromatic rings. The molecular formula is C42H60N2O9. The summed E-state index contributed by atoms with van der Waals surface area (Å²) in [5.74, 6) is -1.84. The number of rotatable bonds is 9. The molecule has 292 valence electrons. The molecule has 2 aliphatic rings. The molecule has 0 saturated carbocycles. The number of cyclic esters (lactones) is 1. The summed E-state index contributed by atoms with van der Waals surface area (Å²) < 4.78 is 31.7. The van der Waals surface area contributed by atoms with Gasteiger partial charge in [-0.1, -0.05) is 45.0 Å². The van der Waals surface area contributed by atoms with Crippen LogP contribution in [-0.4, -0.2) is 108 Å². The minimum absolute atomic E-state index is 0.0849. The summed E-state index contributed by atoms with van der Waals surface area (Å²) >= 11 is 0. The van der Waals surface area contributed by atoms with Crippen molar-refractivity contribution < 1.29 is 43.5 Å². The van der Waals surface area contributed by atoms with E-state index in [1.807, 2.05) is 89.2 Å². The molecule has 3 heterocycles. The Labute approximate surface area is 315 Å². The molecule has 10 atom stereocenters. The van der Waals surface area contributed by atoms with Gasteiger partial charge in [-0.05, 0) is 103 Å². The van der Waals surface area contributed by atoms with Gasteiger partial charge in [0.15, 0.2) is 12.1 Å². The number of methoxy groups -OCH3 is 1. The number of nitrogens with zero attached hydrogens (tertiary/aromatic N) is 2. The van der Waals surface area contributed by atoms with E-state index in [-0.39, 0.29) is 42.3 Å². The second kappa shape index (κ2) is 17.8. The highest BCUT2D eigenvalue weighted by Gasteiger charge is 2.48. The SMILES string of the molecule is CC[C@H]1OC(=O)/C(C)=C(/OC/C=C/c2cnc3ccccc3c2)[C@H](C)[C@@H](O[C@@H]2O[C@H](C)C[C@H](N(C)C)[C@H]2O)[C@](C)(OC)C[C@@H](C)C(=O)/C(C)=C/[C@]1(C)O. The smallest absolute Gasteiger partial charge is 0.337 e. The van der Waals surface area contributed by atoms with Gasteiger partial charge in [0.05, 0.1) is 28.9 Å². The zero-order chi connectivity index (χ0) is 39.2. The van der Waals surface area contributed by atoms with E-state index in [9.17, 15) is 19.8 Å². The van der Waals surface area contributed by atoms with Crippen molar-refractivity contribution in [3.8, 4) is 0 Å². The number of hydrogen-bond acceptors (Lipinski definition) is 11. The van der Waals surface area contributed by atoms with Gasteiger partial charge in [-0.15, -0.1) is 0 Å². The minimum atomic E-state index is -1.62. The summed E-state index contributed by atoms with van der Waals surface area (Å²) in [5, 5.41) is 24.1. The minimum Gasteiger partial charge on any atom is -0.493 e. The molecule has 11 nitrogen and oxygen atoms in total. The lowest BCUT2D eigenvalue weighted by atomic mass is 9.78. The predicted octanol–water partition coefficient (Wildman–Crippen LogP) is 6.02. The van der Waals surface area contributed by atoms with Gasteiger partial charge in [0.1, 0.15) is 30.2 Å². The van der Waals surface area contributed by atoms with E-state index in [1.165, 1.54) is 13.0 Å². The third-order valence-electron chi connectivity index (χ3n) is 10.8. The predicted molar refractivity (Wildman–Crippen MR) is 205 cm³/mol. The lowest BCUT2D eigenvalue weighted by Gasteiger charge is -2.47. The first-order valence-electron chi connectivity index (χ1n) is 18.6. The molecule has 0 radical (unpaired) electrons. The first-order chi connectivity index (χ1) is 24.9. The van der Waals surface area contributed by atoms with Gasteiger partial charge in [0.2, 0.25) is 0 Å². The van der Waals surface area contributed by atoms with Crippen LogP contribution in [-0.2, 0) is 33.3 Å². The highest BCUT2D eigenvalue weighted by Crippen LogP contribution is 2.39. The Kier molecular flexibility index (Phi) is 14.2. The van der Waals surface area contributed by atoms with Crippen LogP contribution in [0.2, 0.25) is 0 Å². The van der Waals surface area contributed by atoms with Gasteiger partial charge in [-0.3, -0.25) is 9.78 Å². The number of likely N-dealkylation sites (N-methyl/N-ethyl adjacent to an activating group) is 1. The van der Waals surface area contributed by atoms with Gasteiger partial charge < -0.3 is 38.8 Å². The maximum absolute atomic E-state index is 14.0. The van der Waals surface area contributed by atoms with Gasteiger partial charge >= 0.3 is 5.97 Å². The Bertz CT molecular complexity index is 1680. The number of carbonyl (C=O) groups is 2. The number of aliphatic hydroxyl groups is 2. The van der Waals surface area contributed by atoms with E-state index in [0.717, 1.165) is 16.5 Å². The van der Waals surface area contributed by atoms with E-state index >= 15 is 0 Å². The molecule has 53 heavy (non-hydrogen) atoms. The molecule has 0 bridgehead atoms. The molecule has 1 aromatic carbocycles. The summed E-state index contributed by atoms with van der Waals surface area (Å²) in [5.41, 5.74) is -0.474. The van der Waals surface area contributed by atoms with Crippen molar-refractivity contribution in [1.82, 2.24) is 9.88 Å². The third kappa shape index (κ3) is 10.0. The molecule has 1 fully saturated rings. The molecule has 4 rings (SSSR count). The van der Waals surface area contributed by atoms with Gasteiger partial charge in [0, 0.05) is 36.6 Å². The number of benzene rings is 1. The maximum atomic E-state index is 14.0. The zero-order valence-corrected chi connectivity index (χ0v) is 33.3. The summed E-state index contributed by atoms with van der Waals surface area (Å²) in [4.78, 5) is 34.3. The second-order valence-corrected chi connectivity index (χ2v) is 15.4. The number of allylic oxidation sites excluding steroid dienone is 1. The van der Waals surface area contributed by atoms with E-state index in [4.69, 9.17) is 23.7 Å². The van der Waals surface area contributed by atoms with Gasteiger partial charge in [0.25, 0.3) is 0 Å². The molecule has 0 unspecified atom stereocenters. The molecule has 2 N–H and O–H groups in total. The van der Waals surface area contributed by atoms with Crippen LogP contribution in [0.5, 0.6) is 0 Å². The molecular weight excluding hydrogens is 676 g/mol. The number of para-hydroxylation sites is 1. The van der Waals surface area contributed by atoms with E-state index in [2.05, 4.69) is 4.98 Å². The third-order valence-corrected chi connectivity index (χ3v) is 10.8. The lowest BCUT2D eigenvalue weighted by molar-refractivity contribution is -0.296. The average molecular weight is 737 g/mol. The highest BCUT2D eigenvalue weighted by atomic mass is 16.7. The second-order valence-electron chi connectivity index (χ2n) is 15.4. The fourth-order valence-electron chi connectivity index (χ4n) is 7.75. The van der Waals surface area contributed by atoms with Crippen molar-refractivity contribution in [1.29, 1.82) is 0 Å². The van der Waals surface area contributed by atoms with Gasteiger partial charge in [-0.25, -0.2) is 4.79 Å². The van der Waals surface area contributed by atoms with Crippen LogP contribution in [0.25, 0.3) is 17.0 Å². The van der Waals surface area contributed by atoms with Crippen molar-refractivity contribution >= 4 is 28.7 Å². The van der Waals surface area contributed by atoms with Crippen LogP contribution in [0.4, 0.5) is 0 Å². The Morgan fingerprint density at radius 2 is 1.81 bits per heavy atom. The fraction of sp³-hybridized carbons (Fsp3) is 0.595. The number of esters is 1. The number of ketones is 1. The molecule has 2 aliphatic heterocycles. The number of aliphatic hydroxyl groups excluding tert-OH is 1. The van der Waals surface area contributed by atoms with E-state index < -0.39 is 53.6 Å². The highest BCUT2D eigenvalue weighted by molar-refractivity contribution is 5.96. The van der Waals surface area contributed by atoms with Crippen LogP contribution < -0.4 is 0 Å². The van der Waals surface area contributed by atoms with Crippen molar-refractivity contribution in [3.05, 3.63) is 71.1 Å². The number of aromatic nitrogens is 1. The number of carbonyl (C=O) groups excluding carboxylic acids is 2. The summed E-state index contributed by atoms with van der Waals surface area (Å²) in [6.07, 6.45) is 3.99. The first kappa shape index (κ1) is 42.3. The van der Waals surface area contributed by atoms with Crippen LogP contribution in [0, 0.1) is 11.8 Å². The van der Waals surface area contributed by atoms with Crippen molar-refractivity contribution in [2.75, 3.05) is 27.8 Å². The fourth-order valence-corrected chi connectivity index (χ4v) is 7.75. The summed E-state index contributed by atoms with van der Waals surface area (Å²) in [6.45, 7) is 14.2. The topological polar surface area (TPSA) is 137 Å². The Morgan fingerprint density at radius 1 is 1.11 bits per heavy atom. The van der Waals surface area contributed by atoms with Crippen LogP contribution in [0.1, 0.15) is 80.2 Å². The Hall–Kier alpha value is -3.45. The molecule has 0 spiro atoms.